The van der Waals surface area contributed by atoms with E-state index in [2.05, 4.69) is 23.2 Å². The van der Waals surface area contributed by atoms with Crippen molar-refractivity contribution in [1.29, 1.82) is 0 Å². The van der Waals surface area contributed by atoms with Gasteiger partial charge in [-0.05, 0) is 24.8 Å². The molecule has 0 saturated carbocycles. The molecular formula is C21H20N2O3S. The minimum absolute atomic E-state index is 0.0375. The lowest BCUT2D eigenvalue weighted by molar-refractivity contribution is 0.477. The van der Waals surface area contributed by atoms with Crippen LogP contribution in [0.2, 0.25) is 0 Å². The molecule has 2 heterocycles. The third-order valence-corrected chi connectivity index (χ3v) is 6.11. The van der Waals surface area contributed by atoms with Crippen molar-refractivity contribution < 1.29 is 13.5 Å². The molecule has 6 heteroatoms. The molecule has 0 unspecified atom stereocenters. The van der Waals surface area contributed by atoms with Crippen LogP contribution < -0.4 is 0 Å². The molecule has 0 spiro atoms. The van der Waals surface area contributed by atoms with Gasteiger partial charge in [-0.25, -0.2) is 4.98 Å². The molecule has 0 amide bonds. The highest BCUT2D eigenvalue weighted by atomic mass is 32.2. The van der Waals surface area contributed by atoms with Crippen molar-refractivity contribution >= 4 is 26.5 Å². The largest absolute Gasteiger partial charge is 0.505 e. The van der Waals surface area contributed by atoms with Crippen LogP contribution in [0.3, 0.4) is 0 Å². The van der Waals surface area contributed by atoms with Crippen LogP contribution >= 0.6 is 0 Å². The lowest BCUT2D eigenvalue weighted by atomic mass is 9.98. The highest BCUT2D eigenvalue weighted by Crippen LogP contribution is 2.36. The van der Waals surface area contributed by atoms with Gasteiger partial charge in [-0.1, -0.05) is 56.3 Å². The van der Waals surface area contributed by atoms with Crippen molar-refractivity contribution in [3.8, 4) is 5.75 Å². The average Bonchev–Trinajstić information content (AvgIpc) is 2.93. The van der Waals surface area contributed by atoms with Gasteiger partial charge >= 0.3 is 0 Å². The third kappa shape index (κ3) is 3.00. The number of hydrogen-bond acceptors (Lipinski definition) is 4. The van der Waals surface area contributed by atoms with Crippen LogP contribution in [-0.2, 0) is 16.4 Å². The number of aromatic nitrogens is 1. The summed E-state index contributed by atoms with van der Waals surface area (Å²) in [5, 5.41) is 12.4. The second kappa shape index (κ2) is 6.46. The Morgan fingerprint density at radius 2 is 1.67 bits per heavy atom. The molecule has 1 aromatic heterocycles. The molecule has 5 nitrogen and oxygen atoms in total. The topological polar surface area (TPSA) is 79.6 Å². The van der Waals surface area contributed by atoms with Gasteiger partial charge < -0.3 is 5.11 Å². The highest BCUT2D eigenvalue weighted by Gasteiger charge is 2.32. The third-order valence-electron chi connectivity index (χ3n) is 4.78. The Kier molecular flexibility index (Phi) is 4.23. The molecule has 3 aromatic rings. The summed E-state index contributed by atoms with van der Waals surface area (Å²) < 4.78 is 28.8. The number of sulfonamides is 1. The number of benzene rings is 2. The van der Waals surface area contributed by atoms with Crippen LogP contribution in [0.4, 0.5) is 0 Å². The van der Waals surface area contributed by atoms with E-state index >= 15 is 0 Å². The number of aromatic hydroxyl groups is 1. The monoisotopic (exact) mass is 380 g/mol. The van der Waals surface area contributed by atoms with Gasteiger partial charge in [0.05, 0.1) is 4.90 Å². The van der Waals surface area contributed by atoms with E-state index in [-0.39, 0.29) is 22.1 Å². The van der Waals surface area contributed by atoms with Crippen molar-refractivity contribution in [2.75, 3.05) is 0 Å². The first-order valence-electron chi connectivity index (χ1n) is 8.94. The van der Waals surface area contributed by atoms with Gasteiger partial charge in [-0.2, -0.15) is 12.8 Å². The fourth-order valence-electron chi connectivity index (χ4n) is 3.37. The van der Waals surface area contributed by atoms with E-state index in [1.54, 1.807) is 18.2 Å². The Morgan fingerprint density at radius 3 is 2.41 bits per heavy atom. The van der Waals surface area contributed by atoms with Gasteiger partial charge in [0, 0.05) is 22.0 Å². The second-order valence-corrected chi connectivity index (χ2v) is 8.72. The van der Waals surface area contributed by atoms with E-state index in [1.807, 2.05) is 24.3 Å². The molecule has 0 aliphatic carbocycles. The number of fused-ring (bicyclic) bond motifs is 2. The predicted octanol–water partition coefficient (Wildman–Crippen LogP) is 4.07. The number of hydrogen-bond donors (Lipinski definition) is 1. The second-order valence-electron chi connectivity index (χ2n) is 7.14. The molecular weight excluding hydrogens is 360 g/mol. The lowest BCUT2D eigenvalue weighted by Gasteiger charge is -2.13. The van der Waals surface area contributed by atoms with Gasteiger partial charge in [0.15, 0.2) is 5.75 Å². The van der Waals surface area contributed by atoms with Crippen LogP contribution in [0.1, 0.15) is 37.2 Å². The molecule has 1 aliphatic rings. The molecule has 0 radical (unpaired) electrons. The predicted molar refractivity (Wildman–Crippen MR) is 106 cm³/mol. The molecule has 1 aliphatic heterocycles. The Hall–Kier alpha value is -2.73. The summed E-state index contributed by atoms with van der Waals surface area (Å²) in [6, 6.07) is 14.2. The minimum Gasteiger partial charge on any atom is -0.505 e. The van der Waals surface area contributed by atoms with Gasteiger partial charge in [-0.3, -0.25) is 0 Å². The molecule has 4 rings (SSSR count). The maximum atomic E-state index is 12.4. The first kappa shape index (κ1) is 17.7. The molecule has 2 aromatic carbocycles. The van der Waals surface area contributed by atoms with Crippen LogP contribution in [0.15, 0.2) is 57.8 Å². The Morgan fingerprint density at radius 1 is 1.00 bits per heavy atom. The van der Waals surface area contributed by atoms with Crippen LogP contribution in [0, 0.1) is 5.92 Å². The van der Waals surface area contributed by atoms with Crippen molar-refractivity contribution in [1.82, 2.24) is 4.98 Å². The molecule has 138 valence electrons. The number of nitrogens with zero attached hydrogens (tertiary/aromatic N) is 2. The van der Waals surface area contributed by atoms with Gasteiger partial charge in [-0.15, -0.1) is 0 Å². The van der Waals surface area contributed by atoms with Crippen LogP contribution in [0.25, 0.3) is 10.8 Å². The van der Waals surface area contributed by atoms with E-state index in [0.29, 0.717) is 16.9 Å². The van der Waals surface area contributed by atoms with E-state index in [0.717, 1.165) is 23.9 Å². The fraction of sp³-hybridized carbons (Fsp3) is 0.238. The number of pyridine rings is 1. The average molecular weight is 380 g/mol. The van der Waals surface area contributed by atoms with Crippen LogP contribution in [0.5, 0.6) is 5.75 Å². The van der Waals surface area contributed by atoms with E-state index in [1.165, 1.54) is 6.07 Å². The smallest absolute Gasteiger partial charge is 0.283 e. The zero-order valence-corrected chi connectivity index (χ0v) is 16.0. The first-order chi connectivity index (χ1) is 12.9. The van der Waals surface area contributed by atoms with Crippen molar-refractivity contribution in [3.05, 3.63) is 65.5 Å². The molecule has 0 atom stereocenters. The minimum atomic E-state index is -3.77. The normalized spacial score (nSPS) is 15.1. The first-order valence-corrected chi connectivity index (χ1v) is 10.4. The molecule has 1 N–H and O–H groups in total. The molecule has 27 heavy (non-hydrogen) atoms. The highest BCUT2D eigenvalue weighted by molar-refractivity contribution is 7.90. The lowest BCUT2D eigenvalue weighted by Crippen LogP contribution is -2.08. The summed E-state index contributed by atoms with van der Waals surface area (Å²) >= 11 is 0. The summed E-state index contributed by atoms with van der Waals surface area (Å²) in [6.07, 6.45) is 1.69. The zero-order valence-electron chi connectivity index (χ0n) is 15.2. The zero-order chi connectivity index (χ0) is 19.2. The summed E-state index contributed by atoms with van der Waals surface area (Å²) in [5.74, 6) is 0.470. The molecule has 0 bridgehead atoms. The van der Waals surface area contributed by atoms with Crippen molar-refractivity contribution in [2.45, 2.75) is 31.6 Å². The quantitative estimate of drug-likeness (QED) is 0.740. The Labute approximate surface area is 158 Å². The fourth-order valence-corrected chi connectivity index (χ4v) is 4.59. The Bertz CT molecular complexity index is 1180. The maximum Gasteiger partial charge on any atom is 0.283 e. The van der Waals surface area contributed by atoms with Crippen LogP contribution in [-0.4, -0.2) is 24.2 Å². The molecule has 0 fully saturated rings. The number of aryl methyl sites for hydroxylation is 1. The SMILES string of the molecule is CC(C)CCc1nc(C2=NS(=O)(=O)c3ccccc32)c(O)c2ccccc12. The Balaban J connectivity index is 1.97. The standard InChI is InChI=1S/C21H20N2O3S/c1-13(2)11-12-17-14-7-3-4-8-15(14)21(24)20(22-17)19-16-9-5-6-10-18(16)27(25,26)23-19/h3-10,13,24H,11-12H2,1-2H3. The maximum absolute atomic E-state index is 12.4. The van der Waals surface area contributed by atoms with Gasteiger partial charge in [0.2, 0.25) is 0 Å². The van der Waals surface area contributed by atoms with E-state index in [9.17, 15) is 13.5 Å². The van der Waals surface area contributed by atoms with E-state index in [4.69, 9.17) is 0 Å². The van der Waals surface area contributed by atoms with Gasteiger partial charge in [0.25, 0.3) is 10.0 Å². The summed E-state index contributed by atoms with van der Waals surface area (Å²) in [4.78, 5) is 4.82. The van der Waals surface area contributed by atoms with Crippen molar-refractivity contribution in [2.24, 2.45) is 10.3 Å². The number of rotatable bonds is 4. The summed E-state index contributed by atoms with van der Waals surface area (Å²) in [6.45, 7) is 4.29. The van der Waals surface area contributed by atoms with Crippen molar-refractivity contribution in [3.63, 3.8) is 0 Å². The summed E-state index contributed by atoms with van der Waals surface area (Å²) in [7, 11) is -3.77. The van der Waals surface area contributed by atoms with Gasteiger partial charge in [0.1, 0.15) is 11.4 Å². The summed E-state index contributed by atoms with van der Waals surface area (Å²) in [5.41, 5.74) is 1.75. The molecule has 0 saturated heterocycles. The van der Waals surface area contributed by atoms with E-state index < -0.39 is 10.0 Å².